The van der Waals surface area contributed by atoms with E-state index in [4.69, 9.17) is 5.26 Å². The summed E-state index contributed by atoms with van der Waals surface area (Å²) in [6, 6.07) is 14.5. The Morgan fingerprint density at radius 1 is 1.19 bits per heavy atom. The van der Waals surface area contributed by atoms with Crippen LogP contribution in [0.15, 0.2) is 56.8 Å². The van der Waals surface area contributed by atoms with E-state index in [0.29, 0.717) is 22.3 Å². The molecule has 0 aliphatic carbocycles. The standard InChI is InChI=1S/C20H17BrN4O/c1-20(2,3)19-24-17-9-8-15(21)10-16(17)18(26)25(19)23-12-14-6-4-13(11-22)5-7-14/h4-10,12H,1-3H3. The van der Waals surface area contributed by atoms with Gasteiger partial charge >= 0.3 is 0 Å². The maximum absolute atomic E-state index is 13.0. The van der Waals surface area contributed by atoms with Crippen molar-refractivity contribution in [2.45, 2.75) is 26.2 Å². The second-order valence-corrected chi connectivity index (χ2v) is 7.86. The molecule has 3 aromatic rings. The van der Waals surface area contributed by atoms with Crippen LogP contribution in [-0.2, 0) is 5.41 Å². The highest BCUT2D eigenvalue weighted by atomic mass is 79.9. The zero-order valence-electron chi connectivity index (χ0n) is 14.7. The fourth-order valence-electron chi connectivity index (χ4n) is 2.51. The Kier molecular flexibility index (Phi) is 4.75. The molecular weight excluding hydrogens is 392 g/mol. The smallest absolute Gasteiger partial charge is 0.267 e. The number of hydrogen-bond donors (Lipinski definition) is 0. The normalized spacial score (nSPS) is 11.8. The second-order valence-electron chi connectivity index (χ2n) is 6.94. The van der Waals surface area contributed by atoms with Gasteiger partial charge in [0.15, 0.2) is 0 Å². The summed E-state index contributed by atoms with van der Waals surface area (Å²) in [5.41, 5.74) is 1.44. The van der Waals surface area contributed by atoms with E-state index in [9.17, 15) is 4.79 Å². The minimum Gasteiger partial charge on any atom is -0.267 e. The molecule has 6 heteroatoms. The number of rotatable bonds is 2. The predicted octanol–water partition coefficient (Wildman–Crippen LogP) is 4.21. The minimum absolute atomic E-state index is 0.217. The molecule has 0 saturated carbocycles. The van der Waals surface area contributed by atoms with Gasteiger partial charge in [0.05, 0.1) is 28.8 Å². The van der Waals surface area contributed by atoms with Crippen molar-refractivity contribution >= 4 is 33.0 Å². The third kappa shape index (κ3) is 3.58. The molecule has 0 fully saturated rings. The highest BCUT2D eigenvalue weighted by Gasteiger charge is 2.22. The molecule has 130 valence electrons. The fourth-order valence-corrected chi connectivity index (χ4v) is 2.87. The molecule has 0 bridgehead atoms. The van der Waals surface area contributed by atoms with E-state index in [2.05, 4.69) is 32.1 Å². The van der Waals surface area contributed by atoms with Crippen LogP contribution in [0.2, 0.25) is 0 Å². The van der Waals surface area contributed by atoms with E-state index >= 15 is 0 Å². The van der Waals surface area contributed by atoms with Gasteiger partial charge in [0.25, 0.3) is 5.56 Å². The maximum Gasteiger partial charge on any atom is 0.282 e. The van der Waals surface area contributed by atoms with E-state index in [1.807, 2.05) is 32.9 Å². The molecule has 0 amide bonds. The van der Waals surface area contributed by atoms with Crippen molar-refractivity contribution in [2.75, 3.05) is 0 Å². The monoisotopic (exact) mass is 408 g/mol. The molecule has 0 radical (unpaired) electrons. The number of benzene rings is 2. The van der Waals surface area contributed by atoms with Crippen molar-refractivity contribution in [3.05, 3.63) is 74.2 Å². The Bertz CT molecular complexity index is 1100. The van der Waals surface area contributed by atoms with Crippen LogP contribution in [0, 0.1) is 11.3 Å². The van der Waals surface area contributed by atoms with Crippen molar-refractivity contribution in [2.24, 2.45) is 5.10 Å². The Labute approximate surface area is 159 Å². The Morgan fingerprint density at radius 3 is 2.50 bits per heavy atom. The Morgan fingerprint density at radius 2 is 1.88 bits per heavy atom. The predicted molar refractivity (Wildman–Crippen MR) is 107 cm³/mol. The molecule has 5 nitrogen and oxygen atoms in total. The summed E-state index contributed by atoms with van der Waals surface area (Å²) in [6.07, 6.45) is 1.60. The molecule has 0 spiro atoms. The molecule has 1 aromatic heterocycles. The summed E-state index contributed by atoms with van der Waals surface area (Å²) in [5.74, 6) is 0.585. The van der Waals surface area contributed by atoms with Crippen LogP contribution in [0.4, 0.5) is 0 Å². The average molecular weight is 409 g/mol. The van der Waals surface area contributed by atoms with Crippen LogP contribution < -0.4 is 5.56 Å². The zero-order chi connectivity index (χ0) is 18.9. The van der Waals surface area contributed by atoms with Gasteiger partial charge in [0, 0.05) is 9.89 Å². The van der Waals surface area contributed by atoms with Crippen LogP contribution in [-0.4, -0.2) is 15.9 Å². The van der Waals surface area contributed by atoms with Crippen LogP contribution >= 0.6 is 15.9 Å². The third-order valence-electron chi connectivity index (χ3n) is 3.84. The molecule has 3 rings (SSSR count). The summed E-state index contributed by atoms with van der Waals surface area (Å²) in [5, 5.41) is 13.8. The van der Waals surface area contributed by atoms with Crippen molar-refractivity contribution in [1.29, 1.82) is 5.26 Å². The average Bonchev–Trinajstić information content (AvgIpc) is 2.61. The summed E-state index contributed by atoms with van der Waals surface area (Å²) in [6.45, 7) is 5.98. The summed E-state index contributed by atoms with van der Waals surface area (Å²) in [4.78, 5) is 17.7. The van der Waals surface area contributed by atoms with Crippen molar-refractivity contribution in [3.8, 4) is 6.07 Å². The Hall–Kier alpha value is -2.78. The first-order chi connectivity index (χ1) is 12.3. The number of halogens is 1. The van der Waals surface area contributed by atoms with E-state index < -0.39 is 0 Å². The van der Waals surface area contributed by atoms with Gasteiger partial charge in [-0.2, -0.15) is 15.0 Å². The molecule has 2 aromatic carbocycles. The van der Waals surface area contributed by atoms with Gasteiger partial charge < -0.3 is 0 Å². The van der Waals surface area contributed by atoms with Crippen molar-refractivity contribution in [3.63, 3.8) is 0 Å². The molecule has 0 aliphatic heterocycles. The number of nitrogens with zero attached hydrogens (tertiary/aromatic N) is 4. The van der Waals surface area contributed by atoms with Crippen LogP contribution in [0.3, 0.4) is 0 Å². The summed E-state index contributed by atoms with van der Waals surface area (Å²) >= 11 is 3.40. The first-order valence-corrected chi connectivity index (χ1v) is 8.86. The van der Waals surface area contributed by atoms with E-state index in [-0.39, 0.29) is 11.0 Å². The topological polar surface area (TPSA) is 71.0 Å². The van der Waals surface area contributed by atoms with E-state index in [1.165, 1.54) is 4.68 Å². The van der Waals surface area contributed by atoms with Gasteiger partial charge in [-0.1, -0.05) is 48.8 Å². The lowest BCUT2D eigenvalue weighted by atomic mass is 9.95. The van der Waals surface area contributed by atoms with Crippen molar-refractivity contribution < 1.29 is 0 Å². The molecule has 0 aliphatic rings. The Balaban J connectivity index is 2.19. The molecule has 0 N–H and O–H groups in total. The van der Waals surface area contributed by atoms with Gasteiger partial charge in [-0.15, -0.1) is 0 Å². The molecule has 0 unspecified atom stereocenters. The largest absolute Gasteiger partial charge is 0.282 e. The number of aromatic nitrogens is 2. The zero-order valence-corrected chi connectivity index (χ0v) is 16.3. The van der Waals surface area contributed by atoms with Gasteiger partial charge in [-0.25, -0.2) is 4.98 Å². The van der Waals surface area contributed by atoms with Gasteiger partial charge in [0.2, 0.25) is 0 Å². The fraction of sp³-hybridized carbons (Fsp3) is 0.200. The van der Waals surface area contributed by atoms with Gasteiger partial charge in [-0.05, 0) is 35.9 Å². The number of nitriles is 1. The quantitative estimate of drug-likeness (QED) is 0.596. The second kappa shape index (κ2) is 6.85. The van der Waals surface area contributed by atoms with Crippen LogP contribution in [0.1, 0.15) is 37.7 Å². The van der Waals surface area contributed by atoms with E-state index in [1.54, 1.807) is 36.5 Å². The van der Waals surface area contributed by atoms with E-state index in [0.717, 1.165) is 10.0 Å². The number of fused-ring (bicyclic) bond motifs is 1. The maximum atomic E-state index is 13.0. The lowest BCUT2D eigenvalue weighted by Gasteiger charge is -2.20. The number of hydrogen-bond acceptors (Lipinski definition) is 4. The lowest BCUT2D eigenvalue weighted by molar-refractivity contribution is 0.506. The van der Waals surface area contributed by atoms with Crippen LogP contribution in [0.25, 0.3) is 10.9 Å². The highest BCUT2D eigenvalue weighted by molar-refractivity contribution is 9.10. The minimum atomic E-state index is -0.359. The van der Waals surface area contributed by atoms with Gasteiger partial charge in [-0.3, -0.25) is 4.79 Å². The SMILES string of the molecule is CC(C)(C)c1nc2ccc(Br)cc2c(=O)n1N=Cc1ccc(C#N)cc1. The first kappa shape index (κ1) is 18.0. The van der Waals surface area contributed by atoms with Crippen LogP contribution in [0.5, 0.6) is 0 Å². The highest BCUT2D eigenvalue weighted by Crippen LogP contribution is 2.22. The lowest BCUT2D eigenvalue weighted by Crippen LogP contribution is -2.29. The molecule has 0 atom stereocenters. The molecular formula is C20H17BrN4O. The molecule has 0 saturated heterocycles. The third-order valence-corrected chi connectivity index (χ3v) is 4.33. The first-order valence-electron chi connectivity index (χ1n) is 8.07. The summed E-state index contributed by atoms with van der Waals surface area (Å²) < 4.78 is 2.17. The summed E-state index contributed by atoms with van der Waals surface area (Å²) in [7, 11) is 0. The molecule has 1 heterocycles. The molecule has 26 heavy (non-hydrogen) atoms. The van der Waals surface area contributed by atoms with Crippen molar-refractivity contribution in [1.82, 2.24) is 9.66 Å². The van der Waals surface area contributed by atoms with Gasteiger partial charge in [0.1, 0.15) is 5.82 Å².